The van der Waals surface area contributed by atoms with Crippen LogP contribution >= 0.6 is 11.6 Å². The molecule has 0 radical (unpaired) electrons. The number of nitrogens with one attached hydrogen (secondary N) is 2. The van der Waals surface area contributed by atoms with E-state index in [-0.39, 0.29) is 18.4 Å². The second-order valence-electron chi connectivity index (χ2n) is 5.76. The quantitative estimate of drug-likeness (QED) is 0.825. The fourth-order valence-electron chi connectivity index (χ4n) is 2.40. The second-order valence-corrected chi connectivity index (χ2v) is 6.19. The molecule has 1 fully saturated rings. The topological polar surface area (TPSA) is 71.3 Å². The lowest BCUT2D eigenvalue weighted by Gasteiger charge is -2.16. The van der Waals surface area contributed by atoms with Gasteiger partial charge in [0.2, 0.25) is 11.8 Å². The molecule has 1 aliphatic carbocycles. The molecule has 5 nitrogen and oxygen atoms in total. The van der Waals surface area contributed by atoms with Crippen molar-refractivity contribution in [1.82, 2.24) is 5.32 Å². The maximum atomic E-state index is 12.5. The van der Waals surface area contributed by atoms with E-state index < -0.39 is 5.41 Å². The molecule has 3 rings (SSSR count). The molecule has 1 heterocycles. The van der Waals surface area contributed by atoms with Crippen LogP contribution in [0.5, 0.6) is 0 Å². The third kappa shape index (κ3) is 3.24. The fourth-order valence-corrected chi connectivity index (χ4v) is 2.57. The Morgan fingerprint density at radius 1 is 1.26 bits per heavy atom. The molecule has 23 heavy (non-hydrogen) atoms. The summed E-state index contributed by atoms with van der Waals surface area (Å²) in [6.45, 7) is 2.15. The highest BCUT2D eigenvalue weighted by Crippen LogP contribution is 2.47. The predicted octanol–water partition coefficient (Wildman–Crippen LogP) is 3.28. The van der Waals surface area contributed by atoms with E-state index in [1.165, 1.54) is 0 Å². The molecule has 0 aliphatic heterocycles. The van der Waals surface area contributed by atoms with Gasteiger partial charge in [-0.05, 0) is 49.6 Å². The Hall–Kier alpha value is -2.27. The summed E-state index contributed by atoms with van der Waals surface area (Å²) < 4.78 is 5.17. The zero-order valence-electron chi connectivity index (χ0n) is 12.7. The lowest BCUT2D eigenvalue weighted by molar-refractivity contribution is -0.134. The Labute approximate surface area is 139 Å². The first kappa shape index (κ1) is 15.6. The first-order chi connectivity index (χ1) is 11.0. The zero-order chi connectivity index (χ0) is 16.4. The van der Waals surface area contributed by atoms with Crippen LogP contribution in [0.15, 0.2) is 41.0 Å². The van der Waals surface area contributed by atoms with Crippen molar-refractivity contribution in [2.45, 2.75) is 26.3 Å². The number of amides is 2. The summed E-state index contributed by atoms with van der Waals surface area (Å²) in [6, 6.07) is 8.80. The van der Waals surface area contributed by atoms with Gasteiger partial charge in [-0.3, -0.25) is 9.59 Å². The monoisotopic (exact) mass is 332 g/mol. The number of hydrogen-bond acceptors (Lipinski definition) is 3. The summed E-state index contributed by atoms with van der Waals surface area (Å²) in [5.41, 5.74) is 0.545. The Bertz CT molecular complexity index is 736. The number of carbonyl (C=O) groups excluding carboxylic acids is 2. The molecular weight excluding hydrogens is 316 g/mol. The normalized spacial score (nSPS) is 15.0. The van der Waals surface area contributed by atoms with Crippen LogP contribution in [0.1, 0.15) is 24.2 Å². The number of anilines is 1. The Morgan fingerprint density at radius 3 is 2.70 bits per heavy atom. The Balaban J connectivity index is 1.66. The number of aryl methyl sites for hydroxylation is 1. The largest absolute Gasteiger partial charge is 0.467 e. The molecule has 0 bridgehead atoms. The van der Waals surface area contributed by atoms with Gasteiger partial charge in [-0.25, -0.2) is 0 Å². The van der Waals surface area contributed by atoms with E-state index in [9.17, 15) is 9.59 Å². The van der Waals surface area contributed by atoms with Crippen LogP contribution in [-0.4, -0.2) is 11.8 Å². The maximum Gasteiger partial charge on any atom is 0.240 e. The molecule has 2 aromatic rings. The molecule has 0 saturated heterocycles. The number of rotatable bonds is 5. The summed E-state index contributed by atoms with van der Waals surface area (Å²) in [7, 11) is 0. The summed E-state index contributed by atoms with van der Waals surface area (Å²) in [5.74, 6) is 0.0890. The molecule has 120 valence electrons. The molecule has 0 atom stereocenters. The van der Waals surface area contributed by atoms with Gasteiger partial charge in [0, 0.05) is 10.7 Å². The number of halogens is 1. The van der Waals surface area contributed by atoms with Crippen molar-refractivity contribution in [3.05, 3.63) is 52.9 Å². The average molecular weight is 333 g/mol. The van der Waals surface area contributed by atoms with Gasteiger partial charge in [0.1, 0.15) is 11.2 Å². The first-order valence-corrected chi connectivity index (χ1v) is 7.77. The van der Waals surface area contributed by atoms with Crippen LogP contribution in [0.2, 0.25) is 5.02 Å². The minimum absolute atomic E-state index is 0.272. The van der Waals surface area contributed by atoms with Gasteiger partial charge in [-0.15, -0.1) is 0 Å². The smallest absolute Gasteiger partial charge is 0.240 e. The molecule has 1 aromatic heterocycles. The molecule has 0 unspecified atom stereocenters. The van der Waals surface area contributed by atoms with Crippen LogP contribution in [0.3, 0.4) is 0 Å². The Morgan fingerprint density at radius 2 is 2.04 bits per heavy atom. The third-order valence-corrected chi connectivity index (χ3v) is 4.31. The lowest BCUT2D eigenvalue weighted by Crippen LogP contribution is -2.39. The van der Waals surface area contributed by atoms with E-state index in [2.05, 4.69) is 10.6 Å². The Kier molecular flexibility index (Phi) is 4.13. The van der Waals surface area contributed by atoms with E-state index in [1.54, 1.807) is 30.5 Å². The lowest BCUT2D eigenvalue weighted by atomic mass is 10.0. The van der Waals surface area contributed by atoms with Crippen molar-refractivity contribution in [1.29, 1.82) is 0 Å². The van der Waals surface area contributed by atoms with Crippen LogP contribution in [0.25, 0.3) is 0 Å². The molecule has 2 amide bonds. The van der Waals surface area contributed by atoms with E-state index in [0.717, 1.165) is 5.56 Å². The number of hydrogen-bond donors (Lipinski definition) is 2. The van der Waals surface area contributed by atoms with E-state index in [1.807, 2.05) is 13.0 Å². The van der Waals surface area contributed by atoms with Crippen LogP contribution in [-0.2, 0) is 16.1 Å². The summed E-state index contributed by atoms with van der Waals surface area (Å²) in [5, 5.41) is 6.12. The molecule has 0 spiro atoms. The van der Waals surface area contributed by atoms with E-state index >= 15 is 0 Å². The fraction of sp³-hybridized carbons (Fsp3) is 0.294. The van der Waals surface area contributed by atoms with Gasteiger partial charge in [-0.1, -0.05) is 17.7 Å². The standard InChI is InChI=1S/C17H17ClN2O3/c1-11-4-5-12(18)9-14(11)20-16(22)17(6-7-17)15(21)19-10-13-3-2-8-23-13/h2-5,8-9H,6-7,10H2,1H3,(H,19,21)(H,20,22). The predicted molar refractivity (Wildman–Crippen MR) is 87.0 cm³/mol. The minimum Gasteiger partial charge on any atom is -0.467 e. The first-order valence-electron chi connectivity index (χ1n) is 7.39. The molecular formula is C17H17ClN2O3. The van der Waals surface area contributed by atoms with Crippen LogP contribution < -0.4 is 10.6 Å². The molecule has 2 N–H and O–H groups in total. The van der Waals surface area contributed by atoms with Crippen molar-refractivity contribution in [3.8, 4) is 0 Å². The summed E-state index contributed by atoms with van der Waals surface area (Å²) in [6.07, 6.45) is 2.63. The number of carbonyl (C=O) groups is 2. The summed E-state index contributed by atoms with van der Waals surface area (Å²) >= 11 is 5.96. The highest BCUT2D eigenvalue weighted by Gasteiger charge is 2.56. The minimum atomic E-state index is -0.985. The highest BCUT2D eigenvalue weighted by molar-refractivity contribution is 6.31. The van der Waals surface area contributed by atoms with Gasteiger partial charge in [0.05, 0.1) is 12.8 Å². The van der Waals surface area contributed by atoms with Crippen molar-refractivity contribution < 1.29 is 14.0 Å². The van der Waals surface area contributed by atoms with Crippen molar-refractivity contribution >= 4 is 29.1 Å². The molecule has 1 aromatic carbocycles. The van der Waals surface area contributed by atoms with Gasteiger partial charge in [0.25, 0.3) is 0 Å². The number of furan rings is 1. The van der Waals surface area contributed by atoms with E-state index in [0.29, 0.717) is 29.3 Å². The van der Waals surface area contributed by atoms with Gasteiger partial charge >= 0.3 is 0 Å². The second kappa shape index (κ2) is 6.08. The van der Waals surface area contributed by atoms with Crippen molar-refractivity contribution in [2.75, 3.05) is 5.32 Å². The third-order valence-electron chi connectivity index (χ3n) is 4.07. The van der Waals surface area contributed by atoms with Gasteiger partial charge in [0.15, 0.2) is 0 Å². The summed E-state index contributed by atoms with van der Waals surface area (Å²) in [4.78, 5) is 24.9. The van der Waals surface area contributed by atoms with Crippen molar-refractivity contribution in [2.24, 2.45) is 5.41 Å². The van der Waals surface area contributed by atoms with Gasteiger partial charge in [-0.2, -0.15) is 0 Å². The van der Waals surface area contributed by atoms with Crippen LogP contribution in [0.4, 0.5) is 5.69 Å². The zero-order valence-corrected chi connectivity index (χ0v) is 13.4. The molecule has 6 heteroatoms. The average Bonchev–Trinajstić information content (AvgIpc) is 3.18. The van der Waals surface area contributed by atoms with Crippen LogP contribution in [0, 0.1) is 12.3 Å². The van der Waals surface area contributed by atoms with E-state index in [4.69, 9.17) is 16.0 Å². The number of benzene rings is 1. The molecule has 1 saturated carbocycles. The van der Waals surface area contributed by atoms with Crippen molar-refractivity contribution in [3.63, 3.8) is 0 Å². The SMILES string of the molecule is Cc1ccc(Cl)cc1NC(=O)C1(C(=O)NCc2ccco2)CC1. The highest BCUT2D eigenvalue weighted by atomic mass is 35.5. The maximum absolute atomic E-state index is 12.5. The van der Waals surface area contributed by atoms with Gasteiger partial charge < -0.3 is 15.1 Å². The molecule has 1 aliphatic rings.